The highest BCUT2D eigenvalue weighted by Gasteiger charge is 2.53. The molecule has 1 aromatic heterocycles. The summed E-state index contributed by atoms with van der Waals surface area (Å²) in [6, 6.07) is 0. The van der Waals surface area contributed by atoms with Crippen LogP contribution in [0.1, 0.15) is 44.2 Å². The van der Waals surface area contributed by atoms with Crippen molar-refractivity contribution >= 4 is 5.97 Å². The Labute approximate surface area is 110 Å². The molecule has 3 N–H and O–H groups in total. The van der Waals surface area contributed by atoms with E-state index in [1.54, 1.807) is 0 Å². The molecule has 0 saturated carbocycles. The highest BCUT2D eigenvalue weighted by Crippen LogP contribution is 2.60. The van der Waals surface area contributed by atoms with Crippen LogP contribution in [-0.2, 0) is 15.1 Å². The van der Waals surface area contributed by atoms with Gasteiger partial charge in [0.15, 0.2) is 17.4 Å². The fraction of sp³-hybridized carbons (Fsp3) is 0.500. The Hall–Kier alpha value is -1.91. The van der Waals surface area contributed by atoms with Crippen LogP contribution in [0.5, 0.6) is 11.8 Å². The zero-order chi connectivity index (χ0) is 13.9. The number of hydrogen-bond donors (Lipinski definition) is 3. The average molecular weight is 263 g/mol. The maximum atomic E-state index is 11.4. The first-order chi connectivity index (χ1) is 8.85. The highest BCUT2D eigenvalue weighted by atomic mass is 16.6. The Balaban J connectivity index is 2.28. The second-order valence-electron chi connectivity index (χ2n) is 5.64. The van der Waals surface area contributed by atoms with Crippen molar-refractivity contribution in [2.75, 3.05) is 0 Å². The van der Waals surface area contributed by atoms with E-state index in [9.17, 15) is 15.0 Å². The van der Waals surface area contributed by atoms with Gasteiger partial charge in [0.05, 0.1) is 5.56 Å². The first-order valence-corrected chi connectivity index (χ1v) is 6.39. The minimum Gasteiger partial charge on any atom is -0.494 e. The van der Waals surface area contributed by atoms with Crippen molar-refractivity contribution in [1.82, 2.24) is 4.98 Å². The number of allylic oxidation sites excluding steroid dienone is 1. The van der Waals surface area contributed by atoms with E-state index < -0.39 is 11.6 Å². The van der Waals surface area contributed by atoms with Crippen molar-refractivity contribution in [2.45, 2.75) is 38.7 Å². The number of ether oxygens (including phenoxy) is 1. The molecule has 0 aromatic carbocycles. The normalized spacial score (nSPS) is 31.8. The molecule has 1 aromatic rings. The van der Waals surface area contributed by atoms with Crippen molar-refractivity contribution < 1.29 is 19.7 Å². The van der Waals surface area contributed by atoms with Gasteiger partial charge in [0.1, 0.15) is 0 Å². The third-order valence-corrected chi connectivity index (χ3v) is 4.20. The number of nitrogens with one attached hydrogen (secondary N) is 1. The molecule has 4 rings (SSSR count). The van der Waals surface area contributed by atoms with Crippen LogP contribution in [0.2, 0.25) is 0 Å². The second-order valence-corrected chi connectivity index (χ2v) is 5.64. The zero-order valence-electron chi connectivity index (χ0n) is 11.2. The quantitative estimate of drug-likeness (QED) is 0.536. The van der Waals surface area contributed by atoms with Gasteiger partial charge < -0.3 is 14.9 Å². The van der Waals surface area contributed by atoms with Crippen LogP contribution in [-0.4, -0.2) is 21.2 Å². The molecule has 3 aliphatic carbocycles. The standard InChI is InChI=1S/C14H17NO4/c1-6-4-14(19-8(3)16)5-7(2)9(6)10-11(14)13(18)15-12(10)17/h4,7,9,15,17-18H,5H2,1-3H3. The number of fused-ring (bicyclic) bond motifs is 1. The SMILES string of the molecule is CC(=O)OC12C=C(C)C(c3c(O)[nH]c(O)c31)C(C)C2. The summed E-state index contributed by atoms with van der Waals surface area (Å²) in [5.41, 5.74) is 1.27. The Morgan fingerprint density at radius 2 is 2.16 bits per heavy atom. The molecule has 0 spiro atoms. The van der Waals surface area contributed by atoms with Gasteiger partial charge in [0, 0.05) is 18.4 Å². The van der Waals surface area contributed by atoms with Crippen LogP contribution in [0.25, 0.3) is 0 Å². The molecule has 1 heterocycles. The van der Waals surface area contributed by atoms with Crippen molar-refractivity contribution in [3.8, 4) is 11.8 Å². The van der Waals surface area contributed by atoms with E-state index in [4.69, 9.17) is 4.74 Å². The smallest absolute Gasteiger partial charge is 0.303 e. The molecule has 0 radical (unpaired) electrons. The first kappa shape index (κ1) is 12.1. The topological polar surface area (TPSA) is 82.5 Å². The van der Waals surface area contributed by atoms with Gasteiger partial charge in [0.25, 0.3) is 0 Å². The molecule has 0 aliphatic heterocycles. The van der Waals surface area contributed by atoms with Crippen molar-refractivity contribution in [1.29, 1.82) is 0 Å². The third-order valence-electron chi connectivity index (χ3n) is 4.20. The number of carbonyl (C=O) groups is 1. The van der Waals surface area contributed by atoms with Gasteiger partial charge in [-0.05, 0) is 25.3 Å². The molecule has 3 aliphatic rings. The molecule has 0 amide bonds. The van der Waals surface area contributed by atoms with Gasteiger partial charge in [-0.1, -0.05) is 12.5 Å². The maximum Gasteiger partial charge on any atom is 0.303 e. The van der Waals surface area contributed by atoms with Gasteiger partial charge in [0.2, 0.25) is 0 Å². The number of rotatable bonds is 1. The fourth-order valence-electron chi connectivity index (χ4n) is 3.85. The van der Waals surface area contributed by atoms with E-state index in [1.165, 1.54) is 6.92 Å². The first-order valence-electron chi connectivity index (χ1n) is 6.39. The Morgan fingerprint density at radius 3 is 2.74 bits per heavy atom. The van der Waals surface area contributed by atoms with Crippen LogP contribution in [0, 0.1) is 5.92 Å². The summed E-state index contributed by atoms with van der Waals surface area (Å²) < 4.78 is 5.52. The van der Waals surface area contributed by atoms with Crippen LogP contribution in [0.4, 0.5) is 0 Å². The zero-order valence-corrected chi connectivity index (χ0v) is 11.2. The highest BCUT2D eigenvalue weighted by molar-refractivity contribution is 5.69. The average Bonchev–Trinajstić information content (AvgIpc) is 2.53. The molecular formula is C14H17NO4. The minimum absolute atomic E-state index is 0.0342. The van der Waals surface area contributed by atoms with E-state index in [-0.39, 0.29) is 23.6 Å². The van der Waals surface area contributed by atoms with Gasteiger partial charge >= 0.3 is 5.97 Å². The summed E-state index contributed by atoms with van der Waals surface area (Å²) in [5.74, 6) is -0.257. The lowest BCUT2D eigenvalue weighted by atomic mass is 9.62. The lowest BCUT2D eigenvalue weighted by Gasteiger charge is -2.46. The largest absolute Gasteiger partial charge is 0.494 e. The molecule has 5 nitrogen and oxygen atoms in total. The van der Waals surface area contributed by atoms with Gasteiger partial charge in [-0.25, -0.2) is 0 Å². The minimum atomic E-state index is -0.957. The molecular weight excluding hydrogens is 246 g/mol. The van der Waals surface area contributed by atoms with Crippen LogP contribution in [0.3, 0.4) is 0 Å². The number of hydrogen-bond acceptors (Lipinski definition) is 4. The number of aromatic hydroxyl groups is 2. The van der Waals surface area contributed by atoms with E-state index in [0.717, 1.165) is 5.57 Å². The van der Waals surface area contributed by atoms with Crippen LogP contribution in [0.15, 0.2) is 11.6 Å². The maximum absolute atomic E-state index is 11.4. The van der Waals surface area contributed by atoms with E-state index >= 15 is 0 Å². The summed E-state index contributed by atoms with van der Waals surface area (Å²) in [4.78, 5) is 14.0. The number of aromatic nitrogens is 1. The van der Waals surface area contributed by atoms with E-state index in [2.05, 4.69) is 11.9 Å². The third kappa shape index (κ3) is 1.44. The van der Waals surface area contributed by atoms with Gasteiger partial charge in [-0.2, -0.15) is 0 Å². The summed E-state index contributed by atoms with van der Waals surface area (Å²) in [7, 11) is 0. The van der Waals surface area contributed by atoms with Crippen molar-refractivity contribution in [2.24, 2.45) is 5.92 Å². The van der Waals surface area contributed by atoms with Crippen LogP contribution < -0.4 is 0 Å². The summed E-state index contributed by atoms with van der Waals surface area (Å²) >= 11 is 0. The van der Waals surface area contributed by atoms with Gasteiger partial charge in [-0.15, -0.1) is 0 Å². The lowest BCUT2D eigenvalue weighted by Crippen LogP contribution is -2.42. The molecule has 5 heteroatoms. The molecule has 0 fully saturated rings. The molecule has 0 saturated heterocycles. The van der Waals surface area contributed by atoms with Gasteiger partial charge in [-0.3, -0.25) is 9.78 Å². The Kier molecular flexibility index (Phi) is 2.27. The molecule has 2 bridgehead atoms. The van der Waals surface area contributed by atoms with Crippen molar-refractivity contribution in [3.63, 3.8) is 0 Å². The number of carbonyl (C=O) groups excluding carboxylic acids is 1. The van der Waals surface area contributed by atoms with Crippen LogP contribution >= 0.6 is 0 Å². The summed E-state index contributed by atoms with van der Waals surface area (Å²) in [6.45, 7) is 5.38. The summed E-state index contributed by atoms with van der Waals surface area (Å²) in [5, 5.41) is 20.0. The predicted octanol–water partition coefficient (Wildman–Crippen LogP) is 2.27. The summed E-state index contributed by atoms with van der Waals surface area (Å²) in [6.07, 6.45) is 2.51. The molecule has 3 atom stereocenters. The number of esters is 1. The predicted molar refractivity (Wildman–Crippen MR) is 67.8 cm³/mol. The molecule has 19 heavy (non-hydrogen) atoms. The van der Waals surface area contributed by atoms with Crippen molar-refractivity contribution in [3.05, 3.63) is 22.8 Å². The fourth-order valence-corrected chi connectivity index (χ4v) is 3.85. The number of H-pyrrole nitrogens is 1. The lowest BCUT2D eigenvalue weighted by molar-refractivity contribution is -0.156. The second kappa shape index (κ2) is 3.56. The van der Waals surface area contributed by atoms with E-state index in [1.807, 2.05) is 13.0 Å². The van der Waals surface area contributed by atoms with E-state index in [0.29, 0.717) is 17.5 Å². The molecule has 102 valence electrons. The molecule has 3 unspecified atom stereocenters. The Bertz CT molecular complexity index is 601. The number of aromatic amines is 1. The monoisotopic (exact) mass is 263 g/mol. The Morgan fingerprint density at radius 1 is 1.47 bits per heavy atom.